The number of hydrogen-bond donors (Lipinski definition) is 0. The third kappa shape index (κ3) is 2.46. The van der Waals surface area contributed by atoms with Crippen LogP contribution in [0.4, 0.5) is 0 Å². The quantitative estimate of drug-likeness (QED) is 0.792. The fraction of sp³-hybridized carbons (Fsp3) is 0.600. The molecule has 0 amide bonds. The molecule has 1 saturated carbocycles. The molecule has 0 N–H and O–H groups in total. The molecule has 1 aromatic rings. The molecule has 0 aromatic heterocycles. The minimum Gasteiger partial charge on any atom is -0.492 e. The second-order valence-corrected chi connectivity index (χ2v) is 7.29. The van der Waals surface area contributed by atoms with Crippen molar-refractivity contribution in [3.05, 3.63) is 29.3 Å². The maximum absolute atomic E-state index is 6.32. The molecule has 4 heteroatoms. The van der Waals surface area contributed by atoms with Crippen LogP contribution in [0, 0.1) is 11.8 Å². The van der Waals surface area contributed by atoms with Crippen molar-refractivity contribution in [3.63, 3.8) is 0 Å². The van der Waals surface area contributed by atoms with Gasteiger partial charge in [-0.15, -0.1) is 23.2 Å². The Labute approximate surface area is 124 Å². The van der Waals surface area contributed by atoms with Crippen molar-refractivity contribution < 1.29 is 4.74 Å². The molecule has 2 atom stereocenters. The smallest absolute Gasteiger partial charge is 0.125 e. The summed E-state index contributed by atoms with van der Waals surface area (Å²) >= 11 is 12.6. The van der Waals surface area contributed by atoms with Gasteiger partial charge in [0.1, 0.15) is 16.7 Å². The molecule has 2 aliphatic carbocycles. The van der Waals surface area contributed by atoms with Crippen molar-refractivity contribution in [2.75, 3.05) is 27.2 Å². The summed E-state index contributed by atoms with van der Waals surface area (Å²) in [5.74, 6) is 1.84. The topological polar surface area (TPSA) is 12.5 Å². The molecule has 1 aromatic carbocycles. The van der Waals surface area contributed by atoms with Crippen LogP contribution in [0.15, 0.2) is 18.2 Å². The summed E-state index contributed by atoms with van der Waals surface area (Å²) in [5, 5.41) is 0. The van der Waals surface area contributed by atoms with Crippen LogP contribution in [-0.2, 0) is 12.8 Å². The standard InChI is InChI=1S/C15H19Cl2NO/c1-18(2)6-7-19-14-5-3-4-10-8-12-13(9-11(10)14)15(12,16)17/h3-5,12-13H,6-9H2,1-2H3. The number of fused-ring (bicyclic) bond motifs is 2. The van der Waals surface area contributed by atoms with Gasteiger partial charge in [0.2, 0.25) is 0 Å². The zero-order valence-electron chi connectivity index (χ0n) is 11.3. The van der Waals surface area contributed by atoms with Crippen LogP contribution in [0.3, 0.4) is 0 Å². The Morgan fingerprint density at radius 3 is 2.74 bits per heavy atom. The molecule has 3 rings (SSSR count). The molecule has 104 valence electrons. The second-order valence-electron chi connectivity index (χ2n) is 5.84. The second kappa shape index (κ2) is 4.83. The van der Waals surface area contributed by atoms with Crippen molar-refractivity contribution >= 4 is 23.2 Å². The lowest BCUT2D eigenvalue weighted by Crippen LogP contribution is -2.20. The van der Waals surface area contributed by atoms with Gasteiger partial charge in [0, 0.05) is 18.4 Å². The Morgan fingerprint density at radius 2 is 2.00 bits per heavy atom. The number of benzene rings is 1. The van der Waals surface area contributed by atoms with E-state index in [4.69, 9.17) is 27.9 Å². The van der Waals surface area contributed by atoms with E-state index in [1.165, 1.54) is 11.1 Å². The Kier molecular flexibility index (Phi) is 3.45. The maximum atomic E-state index is 6.32. The summed E-state index contributed by atoms with van der Waals surface area (Å²) in [6.45, 7) is 1.63. The van der Waals surface area contributed by atoms with E-state index in [1.54, 1.807) is 0 Å². The van der Waals surface area contributed by atoms with Crippen LogP contribution < -0.4 is 4.74 Å². The Bertz CT molecular complexity index is 487. The average molecular weight is 300 g/mol. The molecule has 0 bridgehead atoms. The summed E-state index contributed by atoms with van der Waals surface area (Å²) in [6, 6.07) is 6.30. The minimum absolute atomic E-state index is 0.405. The first-order valence-electron chi connectivity index (χ1n) is 6.76. The van der Waals surface area contributed by atoms with Gasteiger partial charge in [-0.05, 0) is 44.1 Å². The van der Waals surface area contributed by atoms with Gasteiger partial charge < -0.3 is 9.64 Å². The number of alkyl halides is 2. The molecule has 2 unspecified atom stereocenters. The summed E-state index contributed by atoms with van der Waals surface area (Å²) in [7, 11) is 4.10. The fourth-order valence-electron chi connectivity index (χ4n) is 2.98. The van der Waals surface area contributed by atoms with Crippen LogP contribution >= 0.6 is 23.2 Å². The van der Waals surface area contributed by atoms with E-state index in [9.17, 15) is 0 Å². The average Bonchev–Trinajstić information content (AvgIpc) is 2.89. The molecule has 0 aliphatic heterocycles. The van der Waals surface area contributed by atoms with Crippen molar-refractivity contribution in [3.8, 4) is 5.75 Å². The number of halogens is 2. The molecule has 0 spiro atoms. The molecule has 2 aliphatic rings. The highest BCUT2D eigenvalue weighted by Crippen LogP contribution is 2.64. The van der Waals surface area contributed by atoms with Crippen LogP contribution in [0.2, 0.25) is 0 Å². The van der Waals surface area contributed by atoms with Gasteiger partial charge in [0.15, 0.2) is 0 Å². The van der Waals surface area contributed by atoms with Gasteiger partial charge in [-0.1, -0.05) is 12.1 Å². The first-order chi connectivity index (χ1) is 9.00. The van der Waals surface area contributed by atoms with Crippen LogP contribution in [0.1, 0.15) is 11.1 Å². The normalized spacial score (nSPS) is 26.8. The van der Waals surface area contributed by atoms with Crippen molar-refractivity contribution in [2.24, 2.45) is 11.8 Å². The molecule has 2 nitrogen and oxygen atoms in total. The molecular formula is C15H19Cl2NO. The highest BCUT2D eigenvalue weighted by molar-refractivity contribution is 6.51. The lowest BCUT2D eigenvalue weighted by molar-refractivity contribution is 0.258. The van der Waals surface area contributed by atoms with Crippen LogP contribution in [0.25, 0.3) is 0 Å². The first-order valence-corrected chi connectivity index (χ1v) is 7.52. The largest absolute Gasteiger partial charge is 0.492 e. The number of hydrogen-bond acceptors (Lipinski definition) is 2. The van der Waals surface area contributed by atoms with Gasteiger partial charge in [-0.2, -0.15) is 0 Å². The molecule has 1 fully saturated rings. The summed E-state index contributed by atoms with van der Waals surface area (Å²) in [4.78, 5) is 2.12. The van der Waals surface area contributed by atoms with E-state index < -0.39 is 4.33 Å². The van der Waals surface area contributed by atoms with E-state index >= 15 is 0 Å². The minimum atomic E-state index is -0.514. The Morgan fingerprint density at radius 1 is 1.26 bits per heavy atom. The third-order valence-electron chi connectivity index (χ3n) is 4.26. The van der Waals surface area contributed by atoms with E-state index in [0.29, 0.717) is 18.4 Å². The lowest BCUT2D eigenvalue weighted by Gasteiger charge is -2.19. The number of likely N-dealkylation sites (N-methyl/N-ethyl adjacent to an activating group) is 1. The van der Waals surface area contributed by atoms with Crippen LogP contribution in [0.5, 0.6) is 5.75 Å². The first kappa shape index (κ1) is 13.5. The number of ether oxygens (including phenoxy) is 1. The van der Waals surface area contributed by atoms with E-state index in [1.807, 2.05) is 14.1 Å². The third-order valence-corrected chi connectivity index (χ3v) is 5.38. The lowest BCUT2D eigenvalue weighted by atomic mass is 9.91. The zero-order chi connectivity index (χ0) is 13.6. The van der Waals surface area contributed by atoms with E-state index in [2.05, 4.69) is 23.1 Å². The van der Waals surface area contributed by atoms with Crippen molar-refractivity contribution in [1.82, 2.24) is 4.90 Å². The zero-order valence-corrected chi connectivity index (χ0v) is 12.8. The van der Waals surface area contributed by atoms with Gasteiger partial charge in [0.05, 0.1) is 0 Å². The number of nitrogens with zero attached hydrogens (tertiary/aromatic N) is 1. The summed E-state index contributed by atoms with van der Waals surface area (Å²) in [6.07, 6.45) is 1.93. The molecule has 19 heavy (non-hydrogen) atoms. The fourth-order valence-corrected chi connectivity index (χ4v) is 3.77. The Hall–Kier alpha value is -0.440. The monoisotopic (exact) mass is 299 g/mol. The highest BCUT2D eigenvalue weighted by Gasteiger charge is 2.64. The molecule has 0 heterocycles. The molecular weight excluding hydrogens is 281 g/mol. The van der Waals surface area contributed by atoms with Gasteiger partial charge in [-0.3, -0.25) is 0 Å². The maximum Gasteiger partial charge on any atom is 0.125 e. The molecule has 0 saturated heterocycles. The predicted molar refractivity (Wildman–Crippen MR) is 79.3 cm³/mol. The predicted octanol–water partition coefficient (Wildman–Crippen LogP) is 3.15. The number of rotatable bonds is 4. The van der Waals surface area contributed by atoms with Crippen molar-refractivity contribution in [1.29, 1.82) is 0 Å². The van der Waals surface area contributed by atoms with Crippen molar-refractivity contribution in [2.45, 2.75) is 17.2 Å². The van der Waals surface area contributed by atoms with Gasteiger partial charge >= 0.3 is 0 Å². The van der Waals surface area contributed by atoms with E-state index in [0.717, 1.165) is 25.1 Å². The SMILES string of the molecule is CN(C)CCOc1cccc2c1CC1C(C2)C1(Cl)Cl. The summed E-state index contributed by atoms with van der Waals surface area (Å²) in [5.41, 5.74) is 2.66. The van der Waals surface area contributed by atoms with Gasteiger partial charge in [-0.25, -0.2) is 0 Å². The van der Waals surface area contributed by atoms with Gasteiger partial charge in [0.25, 0.3) is 0 Å². The summed E-state index contributed by atoms with van der Waals surface area (Å²) < 4.78 is 5.41. The highest BCUT2D eigenvalue weighted by atomic mass is 35.5. The van der Waals surface area contributed by atoms with E-state index in [-0.39, 0.29) is 0 Å². The molecule has 0 radical (unpaired) electrons. The van der Waals surface area contributed by atoms with Crippen LogP contribution in [-0.4, -0.2) is 36.5 Å². The Balaban J connectivity index is 1.74.